The number of rotatable bonds is 4. The van der Waals surface area contributed by atoms with Crippen molar-refractivity contribution in [1.29, 1.82) is 0 Å². The van der Waals surface area contributed by atoms with Gasteiger partial charge in [-0.1, -0.05) is 36.4 Å². The fourth-order valence-electron chi connectivity index (χ4n) is 2.47. The topological polar surface area (TPSA) is 21.3 Å². The maximum absolute atomic E-state index is 12.5. The lowest BCUT2D eigenvalue weighted by Crippen LogP contribution is -2.19. The van der Waals surface area contributed by atoms with Crippen molar-refractivity contribution >= 4 is 17.4 Å². The third kappa shape index (κ3) is 3.29. The second-order valence-electron chi connectivity index (χ2n) is 4.79. The van der Waals surface area contributed by atoms with Gasteiger partial charge in [0.25, 0.3) is 0 Å². The van der Waals surface area contributed by atoms with Crippen LogP contribution in [0.3, 0.4) is 0 Å². The zero-order valence-electron chi connectivity index (χ0n) is 11.3. The zero-order valence-corrected chi connectivity index (χ0v) is 12.1. The summed E-state index contributed by atoms with van der Waals surface area (Å²) in [5, 5.41) is 3.33. The number of thioether (sulfide) groups is 1. The predicted molar refractivity (Wildman–Crippen MR) is 82.0 cm³/mol. The van der Waals surface area contributed by atoms with Crippen molar-refractivity contribution in [2.24, 2.45) is 0 Å². The highest BCUT2D eigenvalue weighted by Gasteiger charge is 2.21. The van der Waals surface area contributed by atoms with Crippen molar-refractivity contribution in [2.75, 3.05) is 11.1 Å². The summed E-state index contributed by atoms with van der Waals surface area (Å²) in [6.07, 6.45) is 0. The number of fused-ring (bicyclic) bond motifs is 1. The summed E-state index contributed by atoms with van der Waals surface area (Å²) in [6.45, 7) is -2.82. The lowest BCUT2D eigenvalue weighted by atomic mass is 10.0. The van der Waals surface area contributed by atoms with E-state index in [9.17, 15) is 8.78 Å². The number of ether oxygens (including phenoxy) is 1. The molecule has 0 amide bonds. The number of halogens is 2. The standard InChI is InChI=1S/C16H15F2NOS/c17-16(18)20-15-8-4-3-7-13(15)19-14-10-21-9-11-5-1-2-6-12(11)14/h1-8,14,16,19H,9-10H2. The van der Waals surface area contributed by atoms with E-state index in [1.807, 2.05) is 30.0 Å². The molecule has 21 heavy (non-hydrogen) atoms. The Bertz CT molecular complexity index is 621. The Morgan fingerprint density at radius 2 is 1.86 bits per heavy atom. The minimum absolute atomic E-state index is 0.0994. The Morgan fingerprint density at radius 3 is 2.71 bits per heavy atom. The van der Waals surface area contributed by atoms with Crippen molar-refractivity contribution < 1.29 is 13.5 Å². The molecule has 1 atom stereocenters. The normalized spacial score (nSPS) is 17.4. The highest BCUT2D eigenvalue weighted by molar-refractivity contribution is 7.98. The molecule has 2 nitrogen and oxygen atoms in total. The fraction of sp³-hybridized carbons (Fsp3) is 0.250. The minimum atomic E-state index is -2.82. The average molecular weight is 307 g/mol. The number of nitrogens with one attached hydrogen (secondary N) is 1. The third-order valence-electron chi connectivity index (χ3n) is 3.41. The molecule has 5 heteroatoms. The van der Waals surface area contributed by atoms with E-state index in [1.54, 1.807) is 18.2 Å². The predicted octanol–water partition coefficient (Wildman–Crippen LogP) is 4.69. The first-order chi connectivity index (χ1) is 10.2. The quantitative estimate of drug-likeness (QED) is 0.885. The second-order valence-corrected chi connectivity index (χ2v) is 5.82. The van der Waals surface area contributed by atoms with Crippen LogP contribution in [0.5, 0.6) is 5.75 Å². The lowest BCUT2D eigenvalue weighted by Gasteiger charge is -2.27. The summed E-state index contributed by atoms with van der Waals surface area (Å²) in [5.74, 6) is 2.07. The van der Waals surface area contributed by atoms with Crippen molar-refractivity contribution in [3.8, 4) is 5.75 Å². The second kappa shape index (κ2) is 6.35. The smallest absolute Gasteiger partial charge is 0.387 e. The Balaban J connectivity index is 1.85. The van der Waals surface area contributed by atoms with Crippen molar-refractivity contribution in [3.05, 3.63) is 59.7 Å². The van der Waals surface area contributed by atoms with Gasteiger partial charge >= 0.3 is 6.61 Å². The van der Waals surface area contributed by atoms with Gasteiger partial charge in [-0.05, 0) is 23.3 Å². The van der Waals surface area contributed by atoms with Crippen LogP contribution in [-0.2, 0) is 5.75 Å². The van der Waals surface area contributed by atoms with Crippen molar-refractivity contribution in [3.63, 3.8) is 0 Å². The van der Waals surface area contributed by atoms with Crippen molar-refractivity contribution in [1.82, 2.24) is 0 Å². The van der Waals surface area contributed by atoms with Crippen LogP contribution in [0.1, 0.15) is 17.2 Å². The fourth-order valence-corrected chi connectivity index (χ4v) is 3.57. The molecular formula is C16H15F2NOS. The van der Waals surface area contributed by atoms with Crippen LogP contribution in [0.25, 0.3) is 0 Å². The van der Waals surface area contributed by atoms with E-state index in [0.29, 0.717) is 5.69 Å². The van der Waals surface area contributed by atoms with Gasteiger partial charge in [-0.15, -0.1) is 0 Å². The molecule has 0 aromatic heterocycles. The van der Waals surface area contributed by atoms with E-state index >= 15 is 0 Å². The van der Waals surface area contributed by atoms with Gasteiger partial charge < -0.3 is 10.1 Å². The molecule has 0 bridgehead atoms. The highest BCUT2D eigenvalue weighted by atomic mass is 32.2. The largest absolute Gasteiger partial charge is 0.433 e. The van der Waals surface area contributed by atoms with Gasteiger partial charge in [0.2, 0.25) is 0 Å². The zero-order chi connectivity index (χ0) is 14.7. The van der Waals surface area contributed by atoms with Crippen LogP contribution < -0.4 is 10.1 Å². The van der Waals surface area contributed by atoms with E-state index < -0.39 is 6.61 Å². The number of hydrogen-bond acceptors (Lipinski definition) is 3. The number of anilines is 1. The third-order valence-corrected chi connectivity index (χ3v) is 4.49. The van der Waals surface area contributed by atoms with Gasteiger partial charge in [-0.3, -0.25) is 0 Å². The molecule has 1 aliphatic rings. The summed E-state index contributed by atoms with van der Waals surface area (Å²) < 4.78 is 29.5. The summed E-state index contributed by atoms with van der Waals surface area (Å²) in [7, 11) is 0. The molecule has 110 valence electrons. The lowest BCUT2D eigenvalue weighted by molar-refractivity contribution is -0.0493. The van der Waals surface area contributed by atoms with Crippen LogP contribution in [0.15, 0.2) is 48.5 Å². The Labute approximate surface area is 126 Å². The summed E-state index contributed by atoms with van der Waals surface area (Å²) >= 11 is 1.83. The molecule has 1 unspecified atom stereocenters. The van der Waals surface area contributed by atoms with E-state index in [4.69, 9.17) is 0 Å². The number of benzene rings is 2. The van der Waals surface area contributed by atoms with Crippen molar-refractivity contribution in [2.45, 2.75) is 18.4 Å². The first kappa shape index (κ1) is 14.2. The van der Waals surface area contributed by atoms with Crippen LogP contribution in [0.4, 0.5) is 14.5 Å². The maximum Gasteiger partial charge on any atom is 0.387 e. The molecular weight excluding hydrogens is 292 g/mol. The number of hydrogen-bond donors (Lipinski definition) is 1. The van der Waals surface area contributed by atoms with Crippen LogP contribution in [0, 0.1) is 0 Å². The SMILES string of the molecule is FC(F)Oc1ccccc1NC1CSCc2ccccc21. The molecule has 2 aromatic carbocycles. The van der Waals surface area contributed by atoms with Gasteiger partial charge in [0.1, 0.15) is 5.75 Å². The average Bonchev–Trinajstić information content (AvgIpc) is 2.49. The molecule has 0 saturated heterocycles. The molecule has 0 radical (unpaired) electrons. The van der Waals surface area contributed by atoms with E-state index in [1.165, 1.54) is 11.1 Å². The summed E-state index contributed by atoms with van der Waals surface area (Å²) in [6, 6.07) is 15.1. The summed E-state index contributed by atoms with van der Waals surface area (Å²) in [4.78, 5) is 0. The molecule has 0 spiro atoms. The van der Waals surface area contributed by atoms with Crippen LogP contribution in [0.2, 0.25) is 0 Å². The molecule has 1 N–H and O–H groups in total. The minimum Gasteiger partial charge on any atom is -0.433 e. The molecule has 2 aromatic rings. The van der Waals surface area contributed by atoms with E-state index in [0.717, 1.165) is 11.5 Å². The van der Waals surface area contributed by atoms with Gasteiger partial charge in [0, 0.05) is 11.5 Å². The monoisotopic (exact) mass is 307 g/mol. The van der Waals surface area contributed by atoms with Gasteiger partial charge in [-0.2, -0.15) is 20.5 Å². The first-order valence-corrected chi connectivity index (χ1v) is 7.85. The molecule has 3 rings (SSSR count). The molecule has 0 aliphatic carbocycles. The van der Waals surface area contributed by atoms with Gasteiger partial charge in [-0.25, -0.2) is 0 Å². The molecule has 0 fully saturated rings. The van der Waals surface area contributed by atoms with Gasteiger partial charge in [0.05, 0.1) is 11.7 Å². The van der Waals surface area contributed by atoms with Crippen LogP contribution in [-0.4, -0.2) is 12.4 Å². The Kier molecular flexibility index (Phi) is 4.29. The highest BCUT2D eigenvalue weighted by Crippen LogP contribution is 2.36. The molecule has 0 saturated carbocycles. The van der Waals surface area contributed by atoms with E-state index in [2.05, 4.69) is 22.2 Å². The maximum atomic E-state index is 12.5. The number of alkyl halides is 2. The first-order valence-electron chi connectivity index (χ1n) is 6.70. The van der Waals surface area contributed by atoms with Gasteiger partial charge in [0.15, 0.2) is 0 Å². The Hall–Kier alpha value is -1.75. The van der Waals surface area contributed by atoms with Crippen LogP contribution >= 0.6 is 11.8 Å². The molecule has 1 aliphatic heterocycles. The van der Waals surface area contributed by atoms with E-state index in [-0.39, 0.29) is 11.8 Å². The number of para-hydroxylation sites is 2. The molecule has 1 heterocycles. The Morgan fingerprint density at radius 1 is 1.10 bits per heavy atom. The summed E-state index contributed by atoms with van der Waals surface area (Å²) in [5.41, 5.74) is 3.11.